The summed E-state index contributed by atoms with van der Waals surface area (Å²) in [6.07, 6.45) is 8.10. The van der Waals surface area contributed by atoms with E-state index in [1.807, 2.05) is 36.9 Å². The second kappa shape index (κ2) is 6.74. The maximum atomic E-state index is 11.9. The molecule has 2 heterocycles. The number of carbonyl (C=O) groups is 1. The summed E-state index contributed by atoms with van der Waals surface area (Å²) < 4.78 is 4.08. The van der Waals surface area contributed by atoms with Crippen LogP contribution in [0.3, 0.4) is 0 Å². The molecule has 2 aromatic heterocycles. The summed E-state index contributed by atoms with van der Waals surface area (Å²) in [6.45, 7) is 8.93. The van der Waals surface area contributed by atoms with Crippen molar-refractivity contribution in [3.8, 4) is 0 Å². The molecule has 0 spiro atoms. The lowest BCUT2D eigenvalue weighted by atomic mass is 10.0. The van der Waals surface area contributed by atoms with Crippen molar-refractivity contribution in [2.24, 2.45) is 5.92 Å². The first-order chi connectivity index (χ1) is 10.0. The van der Waals surface area contributed by atoms with E-state index in [0.29, 0.717) is 12.6 Å². The van der Waals surface area contributed by atoms with Gasteiger partial charge in [-0.05, 0) is 25.0 Å². The molecule has 4 heteroatoms. The van der Waals surface area contributed by atoms with Crippen LogP contribution in [-0.4, -0.2) is 20.1 Å². The van der Waals surface area contributed by atoms with Gasteiger partial charge in [0.1, 0.15) is 0 Å². The summed E-state index contributed by atoms with van der Waals surface area (Å²) in [5.74, 6) is 0.228. The van der Waals surface area contributed by atoms with Gasteiger partial charge < -0.3 is 4.57 Å². The monoisotopic (exact) mass is 287 g/mol. The van der Waals surface area contributed by atoms with Crippen molar-refractivity contribution in [1.29, 1.82) is 0 Å². The van der Waals surface area contributed by atoms with Gasteiger partial charge in [-0.25, -0.2) is 0 Å². The first-order valence-electron chi connectivity index (χ1n) is 7.79. The second-order valence-corrected chi connectivity index (χ2v) is 5.85. The summed E-state index contributed by atoms with van der Waals surface area (Å²) in [7, 11) is 0. The fourth-order valence-electron chi connectivity index (χ4n) is 2.53. The van der Waals surface area contributed by atoms with Gasteiger partial charge in [0.25, 0.3) is 0 Å². The zero-order valence-electron chi connectivity index (χ0n) is 13.4. The number of carbonyl (C=O) groups excluding carboxylic acids is 1. The van der Waals surface area contributed by atoms with Gasteiger partial charge >= 0.3 is 0 Å². The summed E-state index contributed by atoms with van der Waals surface area (Å²) >= 11 is 0. The molecule has 0 radical (unpaired) electrons. The first kappa shape index (κ1) is 15.5. The molecule has 0 saturated carbocycles. The van der Waals surface area contributed by atoms with Gasteiger partial charge in [-0.2, -0.15) is 5.10 Å². The lowest BCUT2D eigenvalue weighted by Crippen LogP contribution is -2.09. The van der Waals surface area contributed by atoms with E-state index in [1.54, 1.807) is 0 Å². The Kier molecular flexibility index (Phi) is 4.99. The number of ketones is 1. The van der Waals surface area contributed by atoms with Gasteiger partial charge in [-0.3, -0.25) is 9.48 Å². The van der Waals surface area contributed by atoms with Crippen molar-refractivity contribution in [3.63, 3.8) is 0 Å². The van der Waals surface area contributed by atoms with E-state index < -0.39 is 0 Å². The maximum Gasteiger partial charge on any atom is 0.166 e. The lowest BCUT2D eigenvalue weighted by molar-refractivity contribution is 0.0939. The van der Waals surface area contributed by atoms with E-state index in [0.717, 1.165) is 24.1 Å². The molecule has 0 amide bonds. The van der Waals surface area contributed by atoms with E-state index in [1.165, 1.54) is 0 Å². The van der Waals surface area contributed by atoms with Crippen LogP contribution in [0.5, 0.6) is 0 Å². The minimum atomic E-state index is 0.0370. The summed E-state index contributed by atoms with van der Waals surface area (Å²) in [4.78, 5) is 11.9. The molecule has 0 saturated heterocycles. The Labute approximate surface area is 126 Å². The van der Waals surface area contributed by atoms with Crippen molar-refractivity contribution in [2.75, 3.05) is 0 Å². The summed E-state index contributed by atoms with van der Waals surface area (Å²) in [6, 6.07) is 4.42. The van der Waals surface area contributed by atoms with Crippen molar-refractivity contribution in [1.82, 2.24) is 14.3 Å². The van der Waals surface area contributed by atoms with Crippen molar-refractivity contribution >= 4 is 5.78 Å². The normalized spacial score (nSPS) is 11.5. The number of nitrogens with zero attached hydrogens (tertiary/aromatic N) is 3. The Bertz CT molecular complexity index is 591. The van der Waals surface area contributed by atoms with Crippen LogP contribution in [0.15, 0.2) is 30.7 Å². The summed E-state index contributed by atoms with van der Waals surface area (Å²) in [5, 5.41) is 4.65. The van der Waals surface area contributed by atoms with Crippen molar-refractivity contribution in [3.05, 3.63) is 42.0 Å². The molecule has 2 rings (SSSR count). The van der Waals surface area contributed by atoms with Crippen LogP contribution in [0.4, 0.5) is 0 Å². The molecule has 4 nitrogen and oxygen atoms in total. The smallest absolute Gasteiger partial charge is 0.166 e. The maximum absolute atomic E-state index is 11.9. The van der Waals surface area contributed by atoms with E-state index in [9.17, 15) is 4.79 Å². The molecule has 0 aliphatic heterocycles. The standard InChI is InChI=1S/C17H25N3O/c1-5-16(6-2)20-10-8-15(18-20)12-19-9-7-14(11-19)17(21)13(3)4/h7-11,13,16H,5-6,12H2,1-4H3. The zero-order valence-corrected chi connectivity index (χ0v) is 13.4. The van der Waals surface area contributed by atoms with E-state index >= 15 is 0 Å². The molecule has 0 aliphatic rings. The van der Waals surface area contributed by atoms with Crippen LogP contribution in [0.1, 0.15) is 62.6 Å². The van der Waals surface area contributed by atoms with Crippen LogP contribution >= 0.6 is 0 Å². The second-order valence-electron chi connectivity index (χ2n) is 5.85. The highest BCUT2D eigenvalue weighted by Crippen LogP contribution is 2.15. The van der Waals surface area contributed by atoms with E-state index in [4.69, 9.17) is 0 Å². The highest BCUT2D eigenvalue weighted by molar-refractivity contribution is 5.97. The molecule has 0 unspecified atom stereocenters. The zero-order chi connectivity index (χ0) is 15.4. The van der Waals surface area contributed by atoms with Crippen LogP contribution in [-0.2, 0) is 6.54 Å². The number of hydrogen-bond acceptors (Lipinski definition) is 2. The minimum absolute atomic E-state index is 0.0370. The largest absolute Gasteiger partial charge is 0.348 e. The van der Waals surface area contributed by atoms with Gasteiger partial charge in [0.2, 0.25) is 0 Å². The quantitative estimate of drug-likeness (QED) is 0.724. The average Bonchev–Trinajstić information content (AvgIpc) is 3.10. The number of Topliss-reactive ketones (excluding diaryl/α,β-unsaturated/α-hetero) is 1. The van der Waals surface area contributed by atoms with Crippen molar-refractivity contribution < 1.29 is 4.79 Å². The van der Waals surface area contributed by atoms with Crippen LogP contribution in [0, 0.1) is 5.92 Å². The molecule has 0 fully saturated rings. The Morgan fingerprint density at radius 2 is 1.90 bits per heavy atom. The van der Waals surface area contributed by atoms with Crippen LogP contribution in [0.2, 0.25) is 0 Å². The van der Waals surface area contributed by atoms with E-state index in [-0.39, 0.29) is 11.7 Å². The highest BCUT2D eigenvalue weighted by Gasteiger charge is 2.12. The number of rotatable bonds is 7. The Morgan fingerprint density at radius 3 is 2.52 bits per heavy atom. The number of aromatic nitrogens is 3. The van der Waals surface area contributed by atoms with Gasteiger partial charge in [0.05, 0.1) is 18.3 Å². The van der Waals surface area contributed by atoms with Gasteiger partial charge in [-0.1, -0.05) is 27.7 Å². The average molecular weight is 287 g/mol. The van der Waals surface area contributed by atoms with Crippen LogP contribution in [0.25, 0.3) is 0 Å². The Balaban J connectivity index is 2.07. The molecule has 0 bridgehead atoms. The third kappa shape index (κ3) is 3.63. The Morgan fingerprint density at radius 1 is 1.19 bits per heavy atom. The molecule has 0 N–H and O–H groups in total. The van der Waals surface area contributed by atoms with Crippen LogP contribution < -0.4 is 0 Å². The SMILES string of the molecule is CCC(CC)n1ccc(Cn2ccc(C(=O)C(C)C)c2)n1. The predicted molar refractivity (Wildman–Crippen MR) is 84.5 cm³/mol. The first-order valence-corrected chi connectivity index (χ1v) is 7.79. The van der Waals surface area contributed by atoms with Crippen molar-refractivity contribution in [2.45, 2.75) is 53.1 Å². The molecule has 2 aromatic rings. The number of hydrogen-bond donors (Lipinski definition) is 0. The fourth-order valence-corrected chi connectivity index (χ4v) is 2.53. The van der Waals surface area contributed by atoms with Gasteiger partial charge in [0, 0.05) is 30.1 Å². The predicted octanol–water partition coefficient (Wildman–Crippen LogP) is 3.93. The van der Waals surface area contributed by atoms with E-state index in [2.05, 4.69) is 35.9 Å². The van der Waals surface area contributed by atoms with Gasteiger partial charge in [-0.15, -0.1) is 0 Å². The molecule has 114 valence electrons. The third-order valence-electron chi connectivity index (χ3n) is 3.88. The summed E-state index contributed by atoms with van der Waals surface area (Å²) in [5.41, 5.74) is 1.81. The molecule has 0 atom stereocenters. The molecular weight excluding hydrogens is 262 g/mol. The topological polar surface area (TPSA) is 39.8 Å². The molecule has 0 aromatic carbocycles. The third-order valence-corrected chi connectivity index (χ3v) is 3.88. The van der Waals surface area contributed by atoms with Gasteiger partial charge in [0.15, 0.2) is 5.78 Å². The molecule has 21 heavy (non-hydrogen) atoms. The lowest BCUT2D eigenvalue weighted by Gasteiger charge is -2.12. The Hall–Kier alpha value is -1.84. The minimum Gasteiger partial charge on any atom is -0.348 e. The molecular formula is C17H25N3O. The molecule has 0 aliphatic carbocycles. The highest BCUT2D eigenvalue weighted by atomic mass is 16.1. The fraction of sp³-hybridized carbons (Fsp3) is 0.529.